The Morgan fingerprint density at radius 1 is 1.45 bits per heavy atom. The molecule has 0 aliphatic rings. The van der Waals surface area contributed by atoms with Crippen LogP contribution in [0.1, 0.15) is 30.8 Å². The van der Waals surface area contributed by atoms with Crippen molar-refractivity contribution in [2.24, 2.45) is 5.41 Å². The first-order valence-corrected chi connectivity index (χ1v) is 6.76. The normalized spacial score (nSPS) is 11.2. The highest BCUT2D eigenvalue weighted by atomic mass is 16.5. The van der Waals surface area contributed by atoms with Crippen molar-refractivity contribution in [3.8, 4) is 0 Å². The van der Waals surface area contributed by atoms with Crippen molar-refractivity contribution in [2.75, 3.05) is 39.7 Å². The minimum Gasteiger partial charge on any atom is -0.385 e. The summed E-state index contributed by atoms with van der Waals surface area (Å²) in [7, 11) is 5.15. The molecule has 0 saturated carbocycles. The Balaban J connectivity index is 2.65. The van der Waals surface area contributed by atoms with Gasteiger partial charge in [0.25, 0.3) is 5.91 Å². The summed E-state index contributed by atoms with van der Waals surface area (Å²) in [6.07, 6.45) is 2.63. The number of anilines is 1. The molecular formula is C15H25N3O2. The third-order valence-electron chi connectivity index (χ3n) is 3.14. The molecule has 1 N–H and O–H groups in total. The van der Waals surface area contributed by atoms with Crippen molar-refractivity contribution in [2.45, 2.75) is 20.3 Å². The highest BCUT2D eigenvalue weighted by Gasteiger charge is 2.17. The average molecular weight is 279 g/mol. The molecule has 0 spiro atoms. The van der Waals surface area contributed by atoms with Crippen LogP contribution in [0.3, 0.4) is 0 Å². The van der Waals surface area contributed by atoms with Crippen molar-refractivity contribution < 1.29 is 9.53 Å². The number of hydrogen-bond donors (Lipinski definition) is 1. The van der Waals surface area contributed by atoms with E-state index in [4.69, 9.17) is 4.74 Å². The number of methoxy groups -OCH3 is 1. The maximum atomic E-state index is 11.9. The van der Waals surface area contributed by atoms with E-state index < -0.39 is 0 Å². The van der Waals surface area contributed by atoms with Crippen molar-refractivity contribution >= 4 is 11.6 Å². The third kappa shape index (κ3) is 5.17. The van der Waals surface area contributed by atoms with Gasteiger partial charge in [0.1, 0.15) is 5.69 Å². The molecule has 0 aliphatic carbocycles. The summed E-state index contributed by atoms with van der Waals surface area (Å²) in [5, 5.41) is 3.36. The van der Waals surface area contributed by atoms with Crippen LogP contribution in [0.5, 0.6) is 0 Å². The van der Waals surface area contributed by atoms with Gasteiger partial charge in [0.2, 0.25) is 0 Å². The second kappa shape index (κ2) is 7.24. The van der Waals surface area contributed by atoms with Gasteiger partial charge in [0.15, 0.2) is 0 Å². The van der Waals surface area contributed by atoms with Crippen molar-refractivity contribution in [3.05, 3.63) is 24.0 Å². The van der Waals surface area contributed by atoms with E-state index in [1.165, 1.54) is 4.90 Å². The Morgan fingerprint density at radius 2 is 2.15 bits per heavy atom. The fourth-order valence-electron chi connectivity index (χ4n) is 1.69. The summed E-state index contributed by atoms with van der Waals surface area (Å²) in [5.74, 6) is -0.0905. The zero-order valence-corrected chi connectivity index (χ0v) is 13.1. The maximum Gasteiger partial charge on any atom is 0.272 e. The molecule has 1 aromatic heterocycles. The molecular weight excluding hydrogens is 254 g/mol. The molecule has 0 atom stereocenters. The summed E-state index contributed by atoms with van der Waals surface area (Å²) >= 11 is 0. The first-order valence-electron chi connectivity index (χ1n) is 6.76. The summed E-state index contributed by atoms with van der Waals surface area (Å²) in [4.78, 5) is 17.5. The summed E-state index contributed by atoms with van der Waals surface area (Å²) in [6.45, 7) is 5.93. The first kappa shape index (κ1) is 16.4. The molecule has 0 aromatic carbocycles. The summed E-state index contributed by atoms with van der Waals surface area (Å²) in [6, 6.07) is 3.66. The molecule has 1 amide bonds. The number of nitrogens with one attached hydrogen (secondary N) is 1. The number of pyridine rings is 1. The van der Waals surface area contributed by atoms with Crippen LogP contribution in [-0.4, -0.2) is 50.1 Å². The lowest BCUT2D eigenvalue weighted by Gasteiger charge is -2.25. The smallest absolute Gasteiger partial charge is 0.272 e. The number of ether oxygens (including phenoxy) is 1. The Hall–Kier alpha value is -1.62. The molecule has 1 aromatic rings. The predicted octanol–water partition coefficient (Wildman–Crippen LogP) is 2.26. The number of carbonyl (C=O) groups excluding carboxylic acids is 1. The van der Waals surface area contributed by atoms with Crippen molar-refractivity contribution in [1.29, 1.82) is 0 Å². The predicted molar refractivity (Wildman–Crippen MR) is 81.0 cm³/mol. The van der Waals surface area contributed by atoms with E-state index in [0.717, 1.165) is 25.3 Å². The fourth-order valence-corrected chi connectivity index (χ4v) is 1.69. The molecule has 0 bridgehead atoms. The number of amides is 1. The number of carbonyl (C=O) groups is 1. The second-order valence-electron chi connectivity index (χ2n) is 5.89. The van der Waals surface area contributed by atoms with Gasteiger partial charge in [-0.15, -0.1) is 0 Å². The first-order chi connectivity index (χ1) is 9.35. The Bertz CT molecular complexity index is 444. The van der Waals surface area contributed by atoms with Gasteiger partial charge in [-0.05, 0) is 24.0 Å². The van der Waals surface area contributed by atoms with Gasteiger partial charge in [0.05, 0.1) is 0 Å². The molecule has 5 heteroatoms. The molecule has 0 aliphatic heterocycles. The monoisotopic (exact) mass is 279 g/mol. The average Bonchev–Trinajstić information content (AvgIpc) is 2.42. The third-order valence-corrected chi connectivity index (χ3v) is 3.14. The van der Waals surface area contributed by atoms with Crippen LogP contribution in [0.15, 0.2) is 18.3 Å². The van der Waals surface area contributed by atoms with E-state index >= 15 is 0 Å². The highest BCUT2D eigenvalue weighted by molar-refractivity contribution is 5.92. The zero-order valence-electron chi connectivity index (χ0n) is 13.1. The Labute approximate surface area is 121 Å². The lowest BCUT2D eigenvalue weighted by Crippen LogP contribution is -2.25. The summed E-state index contributed by atoms with van der Waals surface area (Å²) < 4.78 is 5.12. The van der Waals surface area contributed by atoms with Gasteiger partial charge in [-0.2, -0.15) is 0 Å². The maximum absolute atomic E-state index is 11.9. The van der Waals surface area contributed by atoms with Crippen LogP contribution < -0.4 is 5.32 Å². The Kier molecular flexibility index (Phi) is 5.95. The molecule has 0 saturated heterocycles. The molecule has 112 valence electrons. The van der Waals surface area contributed by atoms with E-state index in [0.29, 0.717) is 5.69 Å². The molecule has 20 heavy (non-hydrogen) atoms. The van der Waals surface area contributed by atoms with E-state index in [-0.39, 0.29) is 11.3 Å². The number of nitrogens with zero attached hydrogens (tertiary/aromatic N) is 2. The standard InChI is InChI=1S/C15H25N3O2/c1-15(2,7-9-20-5)11-17-12-6-8-16-13(10-12)14(19)18(3)4/h6,8,10H,7,9,11H2,1-5H3,(H,16,17). The van der Waals surface area contributed by atoms with Crippen LogP contribution in [0.2, 0.25) is 0 Å². The Morgan fingerprint density at radius 3 is 2.75 bits per heavy atom. The highest BCUT2D eigenvalue weighted by Crippen LogP contribution is 2.21. The molecule has 0 radical (unpaired) electrons. The van der Waals surface area contributed by atoms with Crippen LogP contribution >= 0.6 is 0 Å². The van der Waals surface area contributed by atoms with Crippen LogP contribution in [-0.2, 0) is 4.74 Å². The molecule has 5 nitrogen and oxygen atoms in total. The van der Waals surface area contributed by atoms with Crippen LogP contribution in [0, 0.1) is 5.41 Å². The minimum atomic E-state index is -0.0905. The van der Waals surface area contributed by atoms with Gasteiger partial charge < -0.3 is 15.0 Å². The van der Waals surface area contributed by atoms with Gasteiger partial charge in [-0.3, -0.25) is 9.78 Å². The van der Waals surface area contributed by atoms with Crippen molar-refractivity contribution in [1.82, 2.24) is 9.88 Å². The van der Waals surface area contributed by atoms with Gasteiger partial charge in [-0.1, -0.05) is 13.8 Å². The van der Waals surface area contributed by atoms with E-state index in [9.17, 15) is 4.79 Å². The largest absolute Gasteiger partial charge is 0.385 e. The topological polar surface area (TPSA) is 54.5 Å². The van der Waals surface area contributed by atoms with Gasteiger partial charge in [0, 0.05) is 46.2 Å². The molecule has 0 fully saturated rings. The van der Waals surface area contributed by atoms with Crippen molar-refractivity contribution in [3.63, 3.8) is 0 Å². The number of aromatic nitrogens is 1. The lowest BCUT2D eigenvalue weighted by molar-refractivity contribution is 0.0822. The molecule has 1 heterocycles. The molecule has 1 rings (SSSR count). The fraction of sp³-hybridized carbons (Fsp3) is 0.600. The second-order valence-corrected chi connectivity index (χ2v) is 5.89. The molecule has 0 unspecified atom stereocenters. The van der Waals surface area contributed by atoms with E-state index in [1.54, 1.807) is 33.5 Å². The SMILES string of the molecule is COCCC(C)(C)CNc1ccnc(C(=O)N(C)C)c1. The minimum absolute atomic E-state index is 0.0905. The van der Waals surface area contributed by atoms with Crippen LogP contribution in [0.4, 0.5) is 5.69 Å². The van der Waals surface area contributed by atoms with E-state index in [2.05, 4.69) is 24.1 Å². The lowest BCUT2D eigenvalue weighted by atomic mass is 9.89. The quantitative estimate of drug-likeness (QED) is 0.832. The zero-order chi connectivity index (χ0) is 15.2. The summed E-state index contributed by atoms with van der Waals surface area (Å²) in [5.41, 5.74) is 1.50. The van der Waals surface area contributed by atoms with Gasteiger partial charge >= 0.3 is 0 Å². The number of rotatable bonds is 7. The number of hydrogen-bond acceptors (Lipinski definition) is 4. The van der Waals surface area contributed by atoms with Crippen LogP contribution in [0.25, 0.3) is 0 Å². The van der Waals surface area contributed by atoms with Gasteiger partial charge in [-0.25, -0.2) is 0 Å². The van der Waals surface area contributed by atoms with E-state index in [1.807, 2.05) is 6.07 Å².